The number of hydrogen-bond donors (Lipinski definition) is 1. The Hall–Kier alpha value is -0.300. The molecule has 1 heteroatoms. The molecule has 1 unspecified atom stereocenters. The number of aliphatic hydroxyl groups excluding tert-OH is 1. The van der Waals surface area contributed by atoms with Crippen LogP contribution < -0.4 is 0 Å². The average molecular weight is 180 g/mol. The summed E-state index contributed by atoms with van der Waals surface area (Å²) in [6.07, 6.45) is 9.40. The second-order valence-electron chi connectivity index (χ2n) is 5.07. The molecule has 2 aliphatic carbocycles. The van der Waals surface area contributed by atoms with Crippen molar-refractivity contribution in [1.29, 1.82) is 0 Å². The average Bonchev–Trinajstić information content (AvgIpc) is 2.12. The highest BCUT2D eigenvalue weighted by molar-refractivity contribution is 5.12. The Morgan fingerprint density at radius 2 is 2.15 bits per heavy atom. The van der Waals surface area contributed by atoms with E-state index in [0.717, 1.165) is 0 Å². The second kappa shape index (κ2) is 3.13. The van der Waals surface area contributed by atoms with Crippen LogP contribution in [-0.2, 0) is 0 Å². The van der Waals surface area contributed by atoms with E-state index in [1.165, 1.54) is 25.7 Å². The zero-order valence-corrected chi connectivity index (χ0v) is 8.66. The summed E-state index contributed by atoms with van der Waals surface area (Å²) in [6, 6.07) is 0. The standard InChI is InChI=1S/C12H20O/c1-9-10-5-3-4-7-12(10,2)8-6-11(9)13/h6,8-11,13H,3-5,7H2,1-2H3/t9-,10-,11?,12-/m0/s1. The van der Waals surface area contributed by atoms with E-state index < -0.39 is 0 Å². The van der Waals surface area contributed by atoms with Gasteiger partial charge in [0.2, 0.25) is 0 Å². The molecule has 1 nitrogen and oxygen atoms in total. The summed E-state index contributed by atoms with van der Waals surface area (Å²) in [6.45, 7) is 4.55. The molecule has 2 aliphatic rings. The van der Waals surface area contributed by atoms with Crippen molar-refractivity contribution in [2.75, 3.05) is 0 Å². The predicted octanol–water partition coefficient (Wildman–Crippen LogP) is 2.75. The molecule has 0 aliphatic heterocycles. The number of hydrogen-bond acceptors (Lipinski definition) is 1. The molecular formula is C12H20O. The lowest BCUT2D eigenvalue weighted by Crippen LogP contribution is -2.41. The van der Waals surface area contributed by atoms with Crippen LogP contribution in [0.3, 0.4) is 0 Å². The van der Waals surface area contributed by atoms with Gasteiger partial charge in [-0.2, -0.15) is 0 Å². The Bertz CT molecular complexity index is 221. The molecule has 0 saturated heterocycles. The molecule has 1 saturated carbocycles. The first-order valence-electron chi connectivity index (χ1n) is 5.51. The molecule has 74 valence electrons. The number of fused-ring (bicyclic) bond motifs is 1. The summed E-state index contributed by atoms with van der Waals surface area (Å²) >= 11 is 0. The summed E-state index contributed by atoms with van der Waals surface area (Å²) in [5.74, 6) is 1.16. The van der Waals surface area contributed by atoms with Crippen LogP contribution in [0.5, 0.6) is 0 Å². The topological polar surface area (TPSA) is 20.2 Å². The zero-order chi connectivity index (χ0) is 9.47. The second-order valence-corrected chi connectivity index (χ2v) is 5.07. The lowest BCUT2D eigenvalue weighted by Gasteiger charge is -2.46. The van der Waals surface area contributed by atoms with Gasteiger partial charge in [-0.15, -0.1) is 0 Å². The van der Waals surface area contributed by atoms with Crippen molar-refractivity contribution in [2.24, 2.45) is 17.3 Å². The molecule has 0 amide bonds. The Balaban J connectivity index is 2.26. The highest BCUT2D eigenvalue weighted by atomic mass is 16.3. The summed E-state index contributed by atoms with van der Waals surface area (Å²) in [7, 11) is 0. The third kappa shape index (κ3) is 1.43. The van der Waals surface area contributed by atoms with Crippen molar-refractivity contribution in [3.63, 3.8) is 0 Å². The van der Waals surface area contributed by atoms with E-state index in [1.807, 2.05) is 6.08 Å². The van der Waals surface area contributed by atoms with Crippen LogP contribution >= 0.6 is 0 Å². The van der Waals surface area contributed by atoms with Gasteiger partial charge in [0.05, 0.1) is 6.10 Å². The van der Waals surface area contributed by atoms with Gasteiger partial charge in [-0.1, -0.05) is 38.8 Å². The third-order valence-corrected chi connectivity index (χ3v) is 4.18. The maximum atomic E-state index is 9.74. The van der Waals surface area contributed by atoms with E-state index in [4.69, 9.17) is 0 Å². The van der Waals surface area contributed by atoms with Crippen molar-refractivity contribution in [1.82, 2.24) is 0 Å². The third-order valence-electron chi connectivity index (χ3n) is 4.18. The van der Waals surface area contributed by atoms with Crippen molar-refractivity contribution in [3.05, 3.63) is 12.2 Å². The minimum absolute atomic E-state index is 0.198. The minimum Gasteiger partial charge on any atom is -0.389 e. The fraction of sp³-hybridized carbons (Fsp3) is 0.833. The molecule has 13 heavy (non-hydrogen) atoms. The normalized spacial score (nSPS) is 50.2. The molecule has 2 rings (SSSR count). The molecule has 0 spiro atoms. The van der Waals surface area contributed by atoms with Gasteiger partial charge in [0.25, 0.3) is 0 Å². The van der Waals surface area contributed by atoms with Gasteiger partial charge in [-0.25, -0.2) is 0 Å². The quantitative estimate of drug-likeness (QED) is 0.568. The molecule has 1 N–H and O–H groups in total. The molecule has 1 fully saturated rings. The summed E-state index contributed by atoms with van der Waals surface area (Å²) < 4.78 is 0. The van der Waals surface area contributed by atoms with Crippen molar-refractivity contribution in [2.45, 2.75) is 45.6 Å². The lowest BCUT2D eigenvalue weighted by atomic mass is 9.59. The molecule has 0 heterocycles. The van der Waals surface area contributed by atoms with Crippen LogP contribution in [0, 0.1) is 17.3 Å². The summed E-state index contributed by atoms with van der Waals surface area (Å²) in [5.41, 5.74) is 0.386. The largest absolute Gasteiger partial charge is 0.389 e. The monoisotopic (exact) mass is 180 g/mol. The van der Waals surface area contributed by atoms with Gasteiger partial charge in [0.15, 0.2) is 0 Å². The Kier molecular flexibility index (Phi) is 2.23. The van der Waals surface area contributed by atoms with E-state index in [9.17, 15) is 5.11 Å². The first kappa shape index (κ1) is 9.26. The Morgan fingerprint density at radius 1 is 1.38 bits per heavy atom. The smallest absolute Gasteiger partial charge is 0.0749 e. The zero-order valence-electron chi connectivity index (χ0n) is 8.66. The van der Waals surface area contributed by atoms with E-state index in [2.05, 4.69) is 19.9 Å². The van der Waals surface area contributed by atoms with Gasteiger partial charge in [-0.3, -0.25) is 0 Å². The van der Waals surface area contributed by atoms with E-state index in [0.29, 0.717) is 17.3 Å². The molecule has 0 aromatic carbocycles. The Morgan fingerprint density at radius 3 is 2.92 bits per heavy atom. The van der Waals surface area contributed by atoms with Crippen LogP contribution in [0.4, 0.5) is 0 Å². The van der Waals surface area contributed by atoms with E-state index in [-0.39, 0.29) is 6.10 Å². The first-order valence-corrected chi connectivity index (χ1v) is 5.51. The molecule has 0 bridgehead atoms. The Labute approximate surface area is 80.8 Å². The number of rotatable bonds is 0. The van der Waals surface area contributed by atoms with Crippen LogP contribution in [0.25, 0.3) is 0 Å². The van der Waals surface area contributed by atoms with Crippen molar-refractivity contribution in [3.8, 4) is 0 Å². The van der Waals surface area contributed by atoms with Gasteiger partial charge in [-0.05, 0) is 30.1 Å². The van der Waals surface area contributed by atoms with E-state index in [1.54, 1.807) is 0 Å². The fourth-order valence-electron chi connectivity index (χ4n) is 3.19. The molecule has 0 aromatic rings. The maximum absolute atomic E-state index is 9.74. The van der Waals surface area contributed by atoms with Crippen molar-refractivity contribution < 1.29 is 5.11 Å². The first-order chi connectivity index (χ1) is 6.13. The summed E-state index contributed by atoms with van der Waals surface area (Å²) in [5, 5.41) is 9.74. The van der Waals surface area contributed by atoms with Crippen LogP contribution in [0.2, 0.25) is 0 Å². The van der Waals surface area contributed by atoms with E-state index >= 15 is 0 Å². The molecule has 0 radical (unpaired) electrons. The van der Waals surface area contributed by atoms with Crippen molar-refractivity contribution >= 4 is 0 Å². The van der Waals surface area contributed by atoms with Gasteiger partial charge in [0, 0.05) is 0 Å². The predicted molar refractivity (Wildman–Crippen MR) is 54.4 cm³/mol. The summed E-state index contributed by atoms with van der Waals surface area (Å²) in [4.78, 5) is 0. The lowest BCUT2D eigenvalue weighted by molar-refractivity contribution is 0.0295. The van der Waals surface area contributed by atoms with Crippen LogP contribution in [0.1, 0.15) is 39.5 Å². The highest BCUT2D eigenvalue weighted by Gasteiger charge is 2.41. The molecular weight excluding hydrogens is 160 g/mol. The fourth-order valence-corrected chi connectivity index (χ4v) is 3.19. The molecule has 0 aromatic heterocycles. The van der Waals surface area contributed by atoms with Crippen LogP contribution in [0.15, 0.2) is 12.2 Å². The van der Waals surface area contributed by atoms with Crippen LogP contribution in [-0.4, -0.2) is 11.2 Å². The van der Waals surface area contributed by atoms with Gasteiger partial charge >= 0.3 is 0 Å². The number of allylic oxidation sites excluding steroid dienone is 1. The highest BCUT2D eigenvalue weighted by Crippen LogP contribution is 2.49. The molecule has 4 atom stereocenters. The maximum Gasteiger partial charge on any atom is 0.0749 e. The SMILES string of the molecule is C[C@@H]1C(O)C=C[C@]2(C)CCCC[C@@H]12. The minimum atomic E-state index is -0.198. The van der Waals surface area contributed by atoms with Gasteiger partial charge in [0.1, 0.15) is 0 Å². The van der Waals surface area contributed by atoms with Gasteiger partial charge < -0.3 is 5.11 Å². The number of aliphatic hydroxyl groups is 1.